The van der Waals surface area contributed by atoms with Crippen LogP contribution in [0.25, 0.3) is 33.1 Å². The Labute approximate surface area is 172 Å². The number of nitrogens with one attached hydrogen (secondary N) is 2. The van der Waals surface area contributed by atoms with Gasteiger partial charge in [-0.05, 0) is 35.4 Å². The minimum absolute atomic E-state index is 0.100. The standard InChI is InChI=1S/C23H20N6O/c1-2-20(23(30)28-18-8-7-15-5-3-4-6-16(15)11-18)29-13-17(12-27-29)21-19-9-10-24-22(19)26-14-25-21/h3-14,20H,2H2,1H3,(H,28,30)(H,24,25,26). The molecular formula is C23H20N6O. The second-order valence-electron chi connectivity index (χ2n) is 7.15. The molecule has 3 aromatic heterocycles. The average molecular weight is 396 g/mol. The van der Waals surface area contributed by atoms with Crippen LogP contribution in [0.2, 0.25) is 0 Å². The van der Waals surface area contributed by atoms with Crippen molar-refractivity contribution < 1.29 is 4.79 Å². The molecule has 0 spiro atoms. The lowest BCUT2D eigenvalue weighted by Gasteiger charge is -2.16. The smallest absolute Gasteiger partial charge is 0.249 e. The predicted molar refractivity (Wildman–Crippen MR) is 117 cm³/mol. The van der Waals surface area contributed by atoms with Gasteiger partial charge in [-0.2, -0.15) is 5.10 Å². The first-order valence-electron chi connectivity index (χ1n) is 9.85. The highest BCUT2D eigenvalue weighted by Crippen LogP contribution is 2.26. The Morgan fingerprint density at radius 2 is 2.00 bits per heavy atom. The van der Waals surface area contributed by atoms with Crippen LogP contribution in [0.5, 0.6) is 0 Å². The number of anilines is 1. The summed E-state index contributed by atoms with van der Waals surface area (Å²) < 4.78 is 1.70. The summed E-state index contributed by atoms with van der Waals surface area (Å²) in [5.41, 5.74) is 3.18. The van der Waals surface area contributed by atoms with Crippen molar-refractivity contribution in [1.29, 1.82) is 0 Å². The number of benzene rings is 2. The number of hydrogen-bond donors (Lipinski definition) is 2. The molecule has 1 unspecified atom stereocenters. The lowest BCUT2D eigenvalue weighted by Crippen LogP contribution is -2.25. The number of carbonyl (C=O) groups is 1. The molecule has 0 saturated heterocycles. The SMILES string of the molecule is CCC(C(=O)Nc1ccc2ccccc2c1)n1cc(-c2ncnc3[nH]ccc23)cn1. The Morgan fingerprint density at radius 1 is 1.13 bits per heavy atom. The quantitative estimate of drug-likeness (QED) is 0.456. The molecule has 0 aliphatic heterocycles. The summed E-state index contributed by atoms with van der Waals surface area (Å²) in [4.78, 5) is 24.7. The summed E-state index contributed by atoms with van der Waals surface area (Å²) in [6, 6.07) is 15.5. The fourth-order valence-corrected chi connectivity index (χ4v) is 3.72. The summed E-state index contributed by atoms with van der Waals surface area (Å²) in [5.74, 6) is -0.100. The molecule has 1 amide bonds. The fourth-order valence-electron chi connectivity index (χ4n) is 3.72. The predicted octanol–water partition coefficient (Wildman–Crippen LogP) is 4.56. The molecule has 0 aliphatic carbocycles. The first kappa shape index (κ1) is 18.1. The van der Waals surface area contributed by atoms with Crippen LogP contribution in [0.3, 0.4) is 0 Å². The molecular weight excluding hydrogens is 376 g/mol. The van der Waals surface area contributed by atoms with E-state index >= 15 is 0 Å². The van der Waals surface area contributed by atoms with Crippen molar-refractivity contribution >= 4 is 33.4 Å². The monoisotopic (exact) mass is 396 g/mol. The maximum atomic E-state index is 13.0. The van der Waals surface area contributed by atoms with E-state index in [0.29, 0.717) is 6.42 Å². The van der Waals surface area contributed by atoms with E-state index in [9.17, 15) is 4.79 Å². The van der Waals surface area contributed by atoms with Gasteiger partial charge < -0.3 is 10.3 Å². The largest absolute Gasteiger partial charge is 0.346 e. The van der Waals surface area contributed by atoms with E-state index in [4.69, 9.17) is 0 Å². The van der Waals surface area contributed by atoms with Gasteiger partial charge in [0.25, 0.3) is 0 Å². The Kier molecular flexibility index (Phi) is 4.48. The van der Waals surface area contributed by atoms with Gasteiger partial charge in [0, 0.05) is 29.0 Å². The number of hydrogen-bond acceptors (Lipinski definition) is 4. The highest BCUT2D eigenvalue weighted by atomic mass is 16.2. The lowest BCUT2D eigenvalue weighted by atomic mass is 10.1. The minimum atomic E-state index is -0.422. The molecule has 3 heterocycles. The Morgan fingerprint density at radius 3 is 2.87 bits per heavy atom. The zero-order valence-corrected chi connectivity index (χ0v) is 16.4. The van der Waals surface area contributed by atoms with Crippen LogP contribution in [0, 0.1) is 0 Å². The van der Waals surface area contributed by atoms with Crippen molar-refractivity contribution in [1.82, 2.24) is 24.7 Å². The van der Waals surface area contributed by atoms with Gasteiger partial charge in [0.15, 0.2) is 0 Å². The number of nitrogens with zero attached hydrogens (tertiary/aromatic N) is 4. The summed E-state index contributed by atoms with van der Waals surface area (Å²) >= 11 is 0. The number of H-pyrrole nitrogens is 1. The van der Waals surface area contributed by atoms with Gasteiger partial charge in [0.1, 0.15) is 18.0 Å². The molecule has 30 heavy (non-hydrogen) atoms. The third-order valence-corrected chi connectivity index (χ3v) is 5.25. The van der Waals surface area contributed by atoms with Crippen molar-refractivity contribution in [3.63, 3.8) is 0 Å². The maximum Gasteiger partial charge on any atom is 0.249 e. The van der Waals surface area contributed by atoms with Crippen molar-refractivity contribution in [3.05, 3.63) is 73.4 Å². The molecule has 2 aromatic carbocycles. The third kappa shape index (κ3) is 3.20. The van der Waals surface area contributed by atoms with Crippen LogP contribution in [0.4, 0.5) is 5.69 Å². The van der Waals surface area contributed by atoms with Crippen LogP contribution >= 0.6 is 0 Å². The van der Waals surface area contributed by atoms with Gasteiger partial charge in [0.05, 0.1) is 11.9 Å². The van der Waals surface area contributed by atoms with Gasteiger partial charge in [-0.25, -0.2) is 9.97 Å². The number of fused-ring (bicyclic) bond motifs is 2. The second kappa shape index (κ2) is 7.44. The van der Waals surface area contributed by atoms with Crippen LogP contribution in [0.15, 0.2) is 73.4 Å². The molecule has 0 fully saturated rings. The van der Waals surface area contributed by atoms with E-state index < -0.39 is 6.04 Å². The van der Waals surface area contributed by atoms with E-state index in [1.165, 1.54) is 6.33 Å². The molecule has 7 heteroatoms. The van der Waals surface area contributed by atoms with Gasteiger partial charge in [0.2, 0.25) is 5.91 Å². The van der Waals surface area contributed by atoms with Gasteiger partial charge in [-0.1, -0.05) is 37.3 Å². The molecule has 0 bridgehead atoms. The first-order valence-corrected chi connectivity index (χ1v) is 9.85. The Hall–Kier alpha value is -4.00. The van der Waals surface area contributed by atoms with Crippen molar-refractivity contribution in [2.75, 3.05) is 5.32 Å². The topological polar surface area (TPSA) is 88.5 Å². The number of rotatable bonds is 5. The molecule has 0 radical (unpaired) electrons. The highest BCUT2D eigenvalue weighted by molar-refractivity contribution is 5.96. The molecule has 5 rings (SSSR count). The highest BCUT2D eigenvalue weighted by Gasteiger charge is 2.21. The number of carbonyl (C=O) groups excluding carboxylic acids is 1. The Bertz CT molecular complexity index is 1350. The lowest BCUT2D eigenvalue weighted by molar-refractivity contribution is -0.119. The summed E-state index contributed by atoms with van der Waals surface area (Å²) in [7, 11) is 0. The molecule has 0 saturated carbocycles. The number of aromatic nitrogens is 5. The van der Waals surface area contributed by atoms with Gasteiger partial charge >= 0.3 is 0 Å². The third-order valence-electron chi connectivity index (χ3n) is 5.25. The van der Waals surface area contributed by atoms with Crippen molar-refractivity contribution in [2.24, 2.45) is 0 Å². The summed E-state index contributed by atoms with van der Waals surface area (Å²) in [5, 5.41) is 10.6. The van der Waals surface area contributed by atoms with E-state index in [2.05, 4.69) is 31.4 Å². The maximum absolute atomic E-state index is 13.0. The first-order chi connectivity index (χ1) is 14.7. The molecule has 0 aliphatic rings. The Balaban J connectivity index is 1.41. The van der Waals surface area contributed by atoms with Gasteiger partial charge in [-0.15, -0.1) is 0 Å². The van der Waals surface area contributed by atoms with Crippen LogP contribution in [-0.4, -0.2) is 30.6 Å². The van der Waals surface area contributed by atoms with Crippen LogP contribution in [-0.2, 0) is 4.79 Å². The zero-order chi connectivity index (χ0) is 20.5. The number of amides is 1. The van der Waals surface area contributed by atoms with Crippen molar-refractivity contribution in [2.45, 2.75) is 19.4 Å². The fraction of sp³-hybridized carbons (Fsp3) is 0.130. The zero-order valence-electron chi connectivity index (χ0n) is 16.4. The normalized spacial score (nSPS) is 12.3. The van der Waals surface area contributed by atoms with Crippen LogP contribution in [0.1, 0.15) is 19.4 Å². The van der Waals surface area contributed by atoms with Crippen LogP contribution < -0.4 is 5.32 Å². The molecule has 1 atom stereocenters. The molecule has 7 nitrogen and oxygen atoms in total. The molecule has 2 N–H and O–H groups in total. The van der Waals surface area contributed by atoms with E-state index in [1.807, 2.05) is 61.8 Å². The van der Waals surface area contributed by atoms with Gasteiger partial charge in [-0.3, -0.25) is 9.48 Å². The molecule has 5 aromatic rings. The summed E-state index contributed by atoms with van der Waals surface area (Å²) in [6.45, 7) is 1.97. The minimum Gasteiger partial charge on any atom is -0.346 e. The van der Waals surface area contributed by atoms with Crippen molar-refractivity contribution in [3.8, 4) is 11.3 Å². The van der Waals surface area contributed by atoms with E-state index in [1.54, 1.807) is 10.9 Å². The average Bonchev–Trinajstić information content (AvgIpc) is 3.44. The van der Waals surface area contributed by atoms with E-state index in [0.717, 1.165) is 38.8 Å². The summed E-state index contributed by atoms with van der Waals surface area (Å²) in [6.07, 6.45) is 7.57. The number of aromatic amines is 1. The molecule has 148 valence electrons. The second-order valence-corrected chi connectivity index (χ2v) is 7.15. The van der Waals surface area contributed by atoms with E-state index in [-0.39, 0.29) is 5.91 Å².